The molecule has 2 aromatic rings. The molecule has 0 aliphatic heterocycles. The minimum absolute atomic E-state index is 0.173. The lowest BCUT2D eigenvalue weighted by molar-refractivity contribution is -0.127. The summed E-state index contributed by atoms with van der Waals surface area (Å²) in [6.45, 7) is 2.70. The van der Waals surface area contributed by atoms with E-state index in [1.165, 1.54) is 18.7 Å². The number of nitrogens with zero attached hydrogens (tertiary/aromatic N) is 1. The zero-order chi connectivity index (χ0) is 20.4. The average molecular weight is 402 g/mol. The van der Waals surface area contributed by atoms with Crippen molar-refractivity contribution in [3.05, 3.63) is 54.6 Å². The Labute approximate surface area is 170 Å². The van der Waals surface area contributed by atoms with Gasteiger partial charge in [0.1, 0.15) is 17.5 Å². The van der Waals surface area contributed by atoms with E-state index in [1.54, 1.807) is 0 Å². The second-order valence-corrected chi connectivity index (χ2v) is 7.64. The number of benzene rings is 2. The number of likely N-dealkylation sites (N-methyl/N-ethyl adjacent to an activating group) is 1. The number of nitrogens with one attached hydrogen (secondary N) is 2. The van der Waals surface area contributed by atoms with E-state index in [-0.39, 0.29) is 11.8 Å². The predicted molar refractivity (Wildman–Crippen MR) is 113 cm³/mol. The fourth-order valence-electron chi connectivity index (χ4n) is 2.36. The van der Waals surface area contributed by atoms with Crippen LogP contribution in [0.3, 0.4) is 0 Å². The molecular weight excluding hydrogens is 374 g/mol. The second-order valence-electron chi connectivity index (χ2n) is 6.54. The lowest BCUT2D eigenvalue weighted by atomic mass is 10.3. The molecule has 150 valence electrons. The van der Waals surface area contributed by atoms with Crippen LogP contribution in [0.4, 0.5) is 0 Å². The molecule has 0 radical (unpaired) electrons. The van der Waals surface area contributed by atoms with Crippen molar-refractivity contribution in [2.24, 2.45) is 0 Å². The van der Waals surface area contributed by atoms with Crippen LogP contribution in [0, 0.1) is 0 Å². The number of rotatable bonds is 10. The molecule has 0 heterocycles. The molecule has 2 rings (SSSR count). The van der Waals surface area contributed by atoms with Crippen LogP contribution >= 0.6 is 11.8 Å². The van der Waals surface area contributed by atoms with Crippen molar-refractivity contribution < 1.29 is 14.3 Å². The van der Waals surface area contributed by atoms with Gasteiger partial charge in [0.2, 0.25) is 11.8 Å². The summed E-state index contributed by atoms with van der Waals surface area (Å²) >= 11 is 1.51. The molecular formula is C21H27N3O3S. The van der Waals surface area contributed by atoms with Crippen LogP contribution in [0.5, 0.6) is 11.5 Å². The van der Waals surface area contributed by atoms with E-state index in [4.69, 9.17) is 4.74 Å². The average Bonchev–Trinajstić information content (AvgIpc) is 2.66. The number of hydrogen-bond acceptors (Lipinski definition) is 5. The number of thioether (sulfide) groups is 1. The summed E-state index contributed by atoms with van der Waals surface area (Å²) in [5.74, 6) is 1.58. The Kier molecular flexibility index (Phi) is 8.84. The number of para-hydroxylation sites is 1. The summed E-state index contributed by atoms with van der Waals surface area (Å²) in [6, 6.07) is 16.7. The normalized spacial score (nSPS) is 11.7. The number of amides is 2. The lowest BCUT2D eigenvalue weighted by Crippen LogP contribution is -2.48. The fraction of sp³-hybridized carbons (Fsp3) is 0.333. The molecule has 0 bridgehead atoms. The first-order valence-electron chi connectivity index (χ1n) is 9.09. The van der Waals surface area contributed by atoms with E-state index >= 15 is 0 Å². The van der Waals surface area contributed by atoms with Crippen molar-refractivity contribution >= 4 is 23.6 Å². The van der Waals surface area contributed by atoms with Crippen LogP contribution in [-0.2, 0) is 9.59 Å². The zero-order valence-electron chi connectivity index (χ0n) is 16.5. The summed E-state index contributed by atoms with van der Waals surface area (Å²) in [5, 5.41) is 5.59. The summed E-state index contributed by atoms with van der Waals surface area (Å²) in [5.41, 5.74) is 0. The molecule has 0 aliphatic rings. The molecule has 28 heavy (non-hydrogen) atoms. The van der Waals surface area contributed by atoms with Crippen molar-refractivity contribution in [3.8, 4) is 11.5 Å². The summed E-state index contributed by atoms with van der Waals surface area (Å²) in [4.78, 5) is 26.8. The standard InChI is InChI=1S/C21H27N3O3S/c1-16(25)23-20(21(26)22-13-14-24(2)3)15-28-19-11-9-18(10-12-19)27-17-7-5-4-6-8-17/h4-12,20H,13-15H2,1-3H3,(H,22,26)(H,23,25). The van der Waals surface area contributed by atoms with Crippen LogP contribution in [0.1, 0.15) is 6.92 Å². The molecule has 0 saturated carbocycles. The van der Waals surface area contributed by atoms with Gasteiger partial charge in [-0.15, -0.1) is 11.8 Å². The molecule has 0 fully saturated rings. The van der Waals surface area contributed by atoms with Gasteiger partial charge < -0.3 is 20.3 Å². The minimum Gasteiger partial charge on any atom is -0.457 e. The molecule has 6 nitrogen and oxygen atoms in total. The highest BCUT2D eigenvalue weighted by molar-refractivity contribution is 7.99. The molecule has 0 aliphatic carbocycles. The van der Waals surface area contributed by atoms with Gasteiger partial charge in [0.05, 0.1) is 0 Å². The molecule has 2 N–H and O–H groups in total. The monoisotopic (exact) mass is 401 g/mol. The SMILES string of the molecule is CC(=O)NC(CSc1ccc(Oc2ccccc2)cc1)C(=O)NCCN(C)C. The largest absolute Gasteiger partial charge is 0.457 e. The highest BCUT2D eigenvalue weighted by Crippen LogP contribution is 2.25. The maximum absolute atomic E-state index is 12.4. The van der Waals surface area contributed by atoms with E-state index in [1.807, 2.05) is 73.6 Å². The minimum atomic E-state index is -0.579. The highest BCUT2D eigenvalue weighted by atomic mass is 32.2. The molecule has 0 saturated heterocycles. The second kappa shape index (κ2) is 11.4. The number of carbonyl (C=O) groups is 2. The first-order valence-corrected chi connectivity index (χ1v) is 10.1. The molecule has 0 aromatic heterocycles. The molecule has 1 atom stereocenters. The van der Waals surface area contributed by atoms with E-state index < -0.39 is 6.04 Å². The van der Waals surface area contributed by atoms with Gasteiger partial charge in [0.25, 0.3) is 0 Å². The third-order valence-corrected chi connectivity index (χ3v) is 4.88. The van der Waals surface area contributed by atoms with E-state index in [0.29, 0.717) is 12.3 Å². The van der Waals surface area contributed by atoms with Gasteiger partial charge >= 0.3 is 0 Å². The predicted octanol–water partition coefficient (Wildman–Crippen LogP) is 2.75. The maximum Gasteiger partial charge on any atom is 0.243 e. The van der Waals surface area contributed by atoms with Crippen molar-refractivity contribution in [2.45, 2.75) is 17.9 Å². The van der Waals surface area contributed by atoms with Gasteiger partial charge in [-0.1, -0.05) is 18.2 Å². The van der Waals surface area contributed by atoms with Gasteiger partial charge in [0.15, 0.2) is 0 Å². The Morgan fingerprint density at radius 1 is 1.04 bits per heavy atom. The molecule has 0 spiro atoms. The molecule has 1 unspecified atom stereocenters. The Morgan fingerprint density at radius 3 is 2.29 bits per heavy atom. The smallest absolute Gasteiger partial charge is 0.243 e. The van der Waals surface area contributed by atoms with Crippen LogP contribution in [-0.4, -0.2) is 55.7 Å². The van der Waals surface area contributed by atoms with Crippen molar-refractivity contribution in [1.29, 1.82) is 0 Å². The number of carbonyl (C=O) groups excluding carboxylic acids is 2. The number of hydrogen-bond donors (Lipinski definition) is 2. The zero-order valence-corrected chi connectivity index (χ0v) is 17.3. The van der Waals surface area contributed by atoms with Crippen molar-refractivity contribution in [2.75, 3.05) is 32.9 Å². The van der Waals surface area contributed by atoms with Crippen LogP contribution in [0.2, 0.25) is 0 Å². The Hall–Kier alpha value is -2.51. The Bertz CT molecular complexity index is 751. The van der Waals surface area contributed by atoms with Crippen LogP contribution < -0.4 is 15.4 Å². The summed E-state index contributed by atoms with van der Waals surface area (Å²) in [7, 11) is 3.89. The quantitative estimate of drug-likeness (QED) is 0.599. The summed E-state index contributed by atoms with van der Waals surface area (Å²) in [6.07, 6.45) is 0. The van der Waals surface area contributed by atoms with Gasteiger partial charge in [-0.2, -0.15) is 0 Å². The van der Waals surface area contributed by atoms with Gasteiger partial charge in [-0.05, 0) is 50.5 Å². The van der Waals surface area contributed by atoms with E-state index in [2.05, 4.69) is 10.6 Å². The molecule has 2 aromatic carbocycles. The van der Waals surface area contributed by atoms with Gasteiger partial charge in [-0.25, -0.2) is 0 Å². The molecule has 2 amide bonds. The summed E-state index contributed by atoms with van der Waals surface area (Å²) < 4.78 is 5.78. The number of ether oxygens (including phenoxy) is 1. The molecule has 7 heteroatoms. The van der Waals surface area contributed by atoms with Gasteiger partial charge in [-0.3, -0.25) is 9.59 Å². The topological polar surface area (TPSA) is 70.7 Å². The highest BCUT2D eigenvalue weighted by Gasteiger charge is 2.19. The fourth-order valence-corrected chi connectivity index (χ4v) is 3.28. The van der Waals surface area contributed by atoms with Crippen molar-refractivity contribution in [1.82, 2.24) is 15.5 Å². The lowest BCUT2D eigenvalue weighted by Gasteiger charge is -2.18. The first-order chi connectivity index (χ1) is 13.4. The first kappa shape index (κ1) is 21.8. The third-order valence-electron chi connectivity index (χ3n) is 3.77. The Morgan fingerprint density at radius 2 is 1.68 bits per heavy atom. The van der Waals surface area contributed by atoms with Crippen LogP contribution in [0.25, 0.3) is 0 Å². The Balaban J connectivity index is 1.88. The van der Waals surface area contributed by atoms with Gasteiger partial charge in [0, 0.05) is 30.7 Å². The maximum atomic E-state index is 12.4. The van der Waals surface area contributed by atoms with E-state index in [9.17, 15) is 9.59 Å². The third kappa shape index (κ3) is 8.02. The van der Waals surface area contributed by atoms with Crippen LogP contribution in [0.15, 0.2) is 59.5 Å². The van der Waals surface area contributed by atoms with E-state index in [0.717, 1.165) is 22.9 Å². The van der Waals surface area contributed by atoms with Crippen molar-refractivity contribution in [3.63, 3.8) is 0 Å².